The van der Waals surface area contributed by atoms with Crippen molar-refractivity contribution >= 4 is 23.9 Å². The highest BCUT2D eigenvalue weighted by molar-refractivity contribution is 6.14. The third-order valence-corrected chi connectivity index (χ3v) is 8.33. The van der Waals surface area contributed by atoms with E-state index in [2.05, 4.69) is 12.2 Å². The number of carbonyl (C=O) groups excluding carboxylic acids is 3. The lowest BCUT2D eigenvalue weighted by molar-refractivity contribution is -0.205. The minimum absolute atomic E-state index is 0.00220. The molecule has 0 amide bonds. The van der Waals surface area contributed by atoms with Gasteiger partial charge in [-0.1, -0.05) is 43.2 Å². The van der Waals surface area contributed by atoms with E-state index in [1.54, 1.807) is 0 Å². The fourth-order valence-electron chi connectivity index (χ4n) is 6.71. The number of aliphatic carboxylic acids is 1. The molecule has 1 saturated heterocycles. The number of allylic oxidation sites excluding steroid dienone is 5. The van der Waals surface area contributed by atoms with Gasteiger partial charge in [0.05, 0.1) is 23.5 Å². The minimum atomic E-state index is -2.18. The van der Waals surface area contributed by atoms with E-state index in [9.17, 15) is 29.4 Å². The van der Waals surface area contributed by atoms with Crippen LogP contribution in [-0.2, 0) is 28.7 Å². The summed E-state index contributed by atoms with van der Waals surface area (Å²) in [6.45, 7) is 3.94. The van der Waals surface area contributed by atoms with Crippen LogP contribution in [0.1, 0.15) is 78.1 Å². The number of hydrogen-bond acceptors (Lipinski definition) is 7. The molecule has 2 heterocycles. The van der Waals surface area contributed by atoms with Gasteiger partial charge in [-0.3, -0.25) is 9.59 Å². The van der Waals surface area contributed by atoms with Crippen LogP contribution in [0.5, 0.6) is 0 Å². The van der Waals surface area contributed by atoms with E-state index in [-0.39, 0.29) is 35.0 Å². The van der Waals surface area contributed by atoms with E-state index in [1.165, 1.54) is 0 Å². The number of ether oxygens (including phenoxy) is 2. The predicted octanol–water partition coefficient (Wildman–Crippen LogP) is 4.54. The van der Waals surface area contributed by atoms with E-state index >= 15 is 0 Å². The molecule has 0 aromatic heterocycles. The number of carboxylic acid groups (broad SMARTS) is 1. The maximum atomic E-state index is 13.3. The zero-order valence-electron chi connectivity index (χ0n) is 21.5. The number of carboxylic acids is 1. The topological polar surface area (TPSA) is 127 Å². The van der Waals surface area contributed by atoms with E-state index in [4.69, 9.17) is 9.47 Å². The second-order valence-corrected chi connectivity index (χ2v) is 10.6. The summed E-state index contributed by atoms with van der Waals surface area (Å²) in [4.78, 5) is 51.0. The van der Waals surface area contributed by atoms with Crippen LogP contribution in [-0.4, -0.2) is 39.9 Å². The molecule has 4 aliphatic rings. The molecule has 8 heteroatoms. The summed E-state index contributed by atoms with van der Waals surface area (Å²) in [7, 11) is 0. The summed E-state index contributed by atoms with van der Waals surface area (Å²) in [5.41, 5.74) is -1.51. The van der Waals surface area contributed by atoms with Gasteiger partial charge >= 0.3 is 23.9 Å². The molecule has 2 aliphatic heterocycles. The number of hydrogen-bond donors (Lipinski definition) is 2. The zero-order valence-corrected chi connectivity index (χ0v) is 21.5. The number of cyclic esters (lactones) is 2. The summed E-state index contributed by atoms with van der Waals surface area (Å²) in [6, 6.07) is 0. The van der Waals surface area contributed by atoms with Crippen LogP contribution < -0.4 is 0 Å². The predicted molar refractivity (Wildman–Crippen MR) is 134 cm³/mol. The number of fused-ring (bicyclic) bond motifs is 1. The van der Waals surface area contributed by atoms with E-state index in [0.29, 0.717) is 6.42 Å². The van der Waals surface area contributed by atoms with Crippen LogP contribution in [0, 0.1) is 23.2 Å². The molecule has 37 heavy (non-hydrogen) atoms. The van der Waals surface area contributed by atoms with Gasteiger partial charge in [-0.05, 0) is 64.2 Å². The van der Waals surface area contributed by atoms with Crippen molar-refractivity contribution in [2.75, 3.05) is 0 Å². The van der Waals surface area contributed by atoms with Crippen LogP contribution in [0.3, 0.4) is 0 Å². The average Bonchev–Trinajstić information content (AvgIpc) is 3.19. The van der Waals surface area contributed by atoms with Gasteiger partial charge in [0.15, 0.2) is 0 Å². The Morgan fingerprint density at radius 3 is 2.30 bits per heavy atom. The zero-order chi connectivity index (χ0) is 26.8. The Labute approximate surface area is 217 Å². The molecular formula is C29H36O8. The molecule has 5 atom stereocenters. The molecule has 0 aromatic rings. The van der Waals surface area contributed by atoms with Gasteiger partial charge < -0.3 is 19.7 Å². The molecule has 200 valence electrons. The van der Waals surface area contributed by atoms with Crippen LogP contribution in [0.2, 0.25) is 0 Å². The molecule has 2 aliphatic carbocycles. The SMILES string of the molecule is C/C=C/CCCC[C@@H]1[C@@H](CCCC/C=C/C)C=C2[C@]3(CC(=O)O)CC4=C(C(=O)OC4=O)[C@H]1[C@@]2(O)OC3=O. The van der Waals surface area contributed by atoms with Gasteiger partial charge in [0.1, 0.15) is 5.41 Å². The maximum Gasteiger partial charge on any atom is 0.343 e. The van der Waals surface area contributed by atoms with Crippen molar-refractivity contribution in [3.8, 4) is 0 Å². The molecule has 0 spiro atoms. The van der Waals surface area contributed by atoms with Gasteiger partial charge in [-0.25, -0.2) is 9.59 Å². The van der Waals surface area contributed by atoms with Crippen LogP contribution in [0.15, 0.2) is 47.1 Å². The molecule has 8 nitrogen and oxygen atoms in total. The van der Waals surface area contributed by atoms with Crippen molar-refractivity contribution in [2.24, 2.45) is 23.2 Å². The number of unbranched alkanes of at least 4 members (excludes halogenated alkanes) is 4. The highest BCUT2D eigenvalue weighted by Gasteiger charge is 2.71. The first-order valence-corrected chi connectivity index (χ1v) is 13.3. The van der Waals surface area contributed by atoms with Crippen molar-refractivity contribution in [2.45, 2.75) is 83.8 Å². The molecule has 0 saturated carbocycles. The third-order valence-electron chi connectivity index (χ3n) is 8.33. The van der Waals surface area contributed by atoms with E-state index in [1.807, 2.05) is 32.1 Å². The largest absolute Gasteiger partial charge is 0.481 e. The first-order valence-electron chi connectivity index (χ1n) is 13.3. The molecule has 4 bridgehead atoms. The molecule has 0 unspecified atom stereocenters. The van der Waals surface area contributed by atoms with Gasteiger partial charge in [0, 0.05) is 12.0 Å². The van der Waals surface area contributed by atoms with Crippen molar-refractivity contribution in [3.63, 3.8) is 0 Å². The summed E-state index contributed by atoms with van der Waals surface area (Å²) in [5, 5.41) is 21.7. The Bertz CT molecular complexity index is 1100. The average molecular weight is 513 g/mol. The van der Waals surface area contributed by atoms with E-state index in [0.717, 1.165) is 44.9 Å². The fourth-order valence-corrected chi connectivity index (χ4v) is 6.71. The maximum absolute atomic E-state index is 13.3. The Morgan fingerprint density at radius 1 is 1.03 bits per heavy atom. The minimum Gasteiger partial charge on any atom is -0.481 e. The van der Waals surface area contributed by atoms with Gasteiger partial charge in [0.2, 0.25) is 5.79 Å². The van der Waals surface area contributed by atoms with Crippen molar-refractivity contribution in [1.29, 1.82) is 0 Å². The molecule has 0 radical (unpaired) electrons. The first-order chi connectivity index (χ1) is 17.7. The second kappa shape index (κ2) is 10.8. The third kappa shape index (κ3) is 4.72. The van der Waals surface area contributed by atoms with Gasteiger partial charge in [-0.15, -0.1) is 0 Å². The van der Waals surface area contributed by atoms with Gasteiger partial charge in [-0.2, -0.15) is 0 Å². The Balaban J connectivity index is 1.81. The lowest BCUT2D eigenvalue weighted by Gasteiger charge is -2.44. The fraction of sp³-hybridized carbons (Fsp3) is 0.586. The summed E-state index contributed by atoms with van der Waals surface area (Å²) in [5.74, 6) is -7.38. The number of carbonyl (C=O) groups is 4. The normalized spacial score (nSPS) is 32.6. The van der Waals surface area contributed by atoms with Gasteiger partial charge in [0.25, 0.3) is 0 Å². The van der Waals surface area contributed by atoms with Crippen LogP contribution >= 0.6 is 0 Å². The van der Waals surface area contributed by atoms with Crippen molar-refractivity contribution in [1.82, 2.24) is 0 Å². The Kier molecular flexibility index (Phi) is 7.88. The Hall–Kier alpha value is -3.00. The van der Waals surface area contributed by atoms with Crippen molar-refractivity contribution in [3.05, 3.63) is 47.1 Å². The summed E-state index contributed by atoms with van der Waals surface area (Å²) in [6.07, 6.45) is 15.9. The number of aliphatic hydroxyl groups is 1. The monoisotopic (exact) mass is 512 g/mol. The highest BCUT2D eigenvalue weighted by atomic mass is 16.7. The van der Waals surface area contributed by atoms with Crippen LogP contribution in [0.25, 0.3) is 0 Å². The Morgan fingerprint density at radius 2 is 1.68 bits per heavy atom. The quantitative estimate of drug-likeness (QED) is 0.169. The lowest BCUT2D eigenvalue weighted by Crippen LogP contribution is -2.50. The van der Waals surface area contributed by atoms with Crippen molar-refractivity contribution < 1.29 is 38.9 Å². The summed E-state index contributed by atoms with van der Waals surface area (Å²) >= 11 is 0. The molecule has 0 aromatic carbocycles. The number of rotatable bonds is 12. The highest BCUT2D eigenvalue weighted by Crippen LogP contribution is 2.64. The van der Waals surface area contributed by atoms with E-state index < -0.39 is 47.4 Å². The second-order valence-electron chi connectivity index (χ2n) is 10.6. The smallest absolute Gasteiger partial charge is 0.343 e. The molecule has 2 N–H and O–H groups in total. The van der Waals surface area contributed by atoms with Crippen LogP contribution in [0.4, 0.5) is 0 Å². The standard InChI is InChI=1S/C29H36O8/c1-3-5-7-9-11-13-18-15-21-28(17-22(30)31)16-20-23(26(33)36-25(20)32)24(29(21,35)37-27(28)34)19(18)14-12-10-8-6-4-2/h3-6,15,18-19,24,35H,7-14,16-17H2,1-2H3,(H,30,31)/b5-3+,6-4+/t18-,19+,24-,28+,29-/m0/s1. The molecule has 4 rings (SSSR count). The molecule has 1 fully saturated rings. The number of esters is 3. The molecular weight excluding hydrogens is 476 g/mol. The summed E-state index contributed by atoms with van der Waals surface area (Å²) < 4.78 is 10.6. The first kappa shape index (κ1) is 27.0. The lowest BCUT2D eigenvalue weighted by atomic mass is 9.61.